The summed E-state index contributed by atoms with van der Waals surface area (Å²) in [6.45, 7) is 6.09. The molecule has 0 saturated carbocycles. The Balaban J connectivity index is 1.48. The van der Waals surface area contributed by atoms with Gasteiger partial charge in [-0.15, -0.1) is 0 Å². The first-order chi connectivity index (χ1) is 12.6. The summed E-state index contributed by atoms with van der Waals surface area (Å²) >= 11 is 1.45. The molecule has 2 aromatic rings. The summed E-state index contributed by atoms with van der Waals surface area (Å²) in [5.74, 6) is 1.30. The van der Waals surface area contributed by atoms with Crippen molar-refractivity contribution in [3.8, 4) is 11.3 Å². The Kier molecular flexibility index (Phi) is 4.70. The number of hydrogen-bond donors (Lipinski definition) is 1. The van der Waals surface area contributed by atoms with Crippen molar-refractivity contribution in [1.29, 1.82) is 0 Å². The molecule has 4 rings (SSSR count). The molecule has 0 atom stereocenters. The number of aryl methyl sites for hydroxylation is 1. The van der Waals surface area contributed by atoms with Gasteiger partial charge in [-0.25, -0.2) is 0 Å². The third-order valence-electron chi connectivity index (χ3n) is 4.73. The van der Waals surface area contributed by atoms with Crippen LogP contribution < -0.4 is 4.90 Å². The Morgan fingerprint density at radius 3 is 2.62 bits per heavy atom. The number of rotatable bonds is 2. The number of carbonyl (C=O) groups is 1. The zero-order valence-corrected chi connectivity index (χ0v) is 15.8. The maximum Gasteiger partial charge on any atom is 0.286 e. The summed E-state index contributed by atoms with van der Waals surface area (Å²) in [4.78, 5) is 20.8. The number of nitrogens with zero attached hydrogens (tertiary/aromatic N) is 2. The van der Waals surface area contributed by atoms with Crippen molar-refractivity contribution >= 4 is 28.9 Å². The molecule has 0 aliphatic carbocycles. The summed E-state index contributed by atoms with van der Waals surface area (Å²) in [5.41, 5.74) is 2.24. The Labute approximate surface area is 157 Å². The molecule has 1 N–H and O–H groups in total. The first-order valence-corrected chi connectivity index (χ1v) is 9.66. The number of nitrogens with one attached hydrogen (secondary N) is 1. The quantitative estimate of drug-likeness (QED) is 0.825. The van der Waals surface area contributed by atoms with E-state index < -0.39 is 0 Å². The van der Waals surface area contributed by atoms with Gasteiger partial charge in [0, 0.05) is 11.6 Å². The van der Waals surface area contributed by atoms with Crippen LogP contribution in [0, 0.1) is 6.92 Å². The van der Waals surface area contributed by atoms with Gasteiger partial charge in [-0.2, -0.15) is 4.99 Å². The Morgan fingerprint density at radius 1 is 1.15 bits per heavy atom. The van der Waals surface area contributed by atoms with E-state index >= 15 is 0 Å². The number of piperazine rings is 1. The fourth-order valence-electron chi connectivity index (χ4n) is 3.05. The van der Waals surface area contributed by atoms with Gasteiger partial charge in [-0.05, 0) is 30.8 Å². The monoisotopic (exact) mass is 368 g/mol. The molecular weight excluding hydrogens is 346 g/mol. The van der Waals surface area contributed by atoms with Crippen LogP contribution in [0.4, 0.5) is 0 Å². The number of amidine groups is 1. The maximum absolute atomic E-state index is 12.3. The van der Waals surface area contributed by atoms with E-state index in [4.69, 9.17) is 4.42 Å². The number of hydrogen-bond acceptors (Lipinski definition) is 4. The van der Waals surface area contributed by atoms with Gasteiger partial charge >= 0.3 is 0 Å². The van der Waals surface area contributed by atoms with E-state index in [0.29, 0.717) is 10.7 Å². The molecule has 1 amide bonds. The summed E-state index contributed by atoms with van der Waals surface area (Å²) in [6, 6.07) is 12.0. The third-order valence-corrected chi connectivity index (χ3v) is 5.78. The molecule has 134 valence electrons. The summed E-state index contributed by atoms with van der Waals surface area (Å²) in [6.07, 6.45) is 1.79. The van der Waals surface area contributed by atoms with Crippen molar-refractivity contribution in [2.45, 2.75) is 6.92 Å². The first kappa shape index (κ1) is 17.1. The van der Waals surface area contributed by atoms with E-state index in [1.807, 2.05) is 24.3 Å². The Morgan fingerprint density at radius 2 is 1.88 bits per heavy atom. The van der Waals surface area contributed by atoms with E-state index in [2.05, 4.69) is 36.0 Å². The molecule has 2 aliphatic heterocycles. The highest BCUT2D eigenvalue weighted by molar-refractivity contribution is 8.18. The van der Waals surface area contributed by atoms with Gasteiger partial charge in [0.1, 0.15) is 11.5 Å². The normalized spacial score (nSPS) is 20.1. The van der Waals surface area contributed by atoms with Crippen LogP contribution >= 0.6 is 11.8 Å². The molecule has 1 aromatic carbocycles. The van der Waals surface area contributed by atoms with Crippen molar-refractivity contribution in [3.05, 3.63) is 52.6 Å². The highest BCUT2D eigenvalue weighted by Crippen LogP contribution is 2.31. The van der Waals surface area contributed by atoms with E-state index in [1.54, 1.807) is 6.08 Å². The first-order valence-electron chi connectivity index (χ1n) is 8.84. The Bertz CT molecular complexity index is 875. The number of thioether (sulfide) groups is 1. The maximum atomic E-state index is 12.3. The molecule has 3 heterocycles. The molecule has 1 fully saturated rings. The van der Waals surface area contributed by atoms with Gasteiger partial charge in [-0.3, -0.25) is 4.79 Å². The average molecular weight is 368 g/mol. The standard InChI is InChI=1S/C20H21N3O2S/c1-14-3-5-15(6-4-14)17-8-7-16(25-17)13-18-19(24)21-20(26-18)23-11-9-22(2)10-12-23/h3-8,13H,9-12H2,1-2H3/p+1/b18-13+. The summed E-state index contributed by atoms with van der Waals surface area (Å²) in [7, 11) is 2.19. The van der Waals surface area contributed by atoms with E-state index in [9.17, 15) is 4.79 Å². The van der Waals surface area contributed by atoms with Gasteiger partial charge in [0.25, 0.3) is 5.91 Å². The molecule has 1 aromatic heterocycles. The number of amides is 1. The van der Waals surface area contributed by atoms with Gasteiger partial charge < -0.3 is 14.2 Å². The lowest BCUT2D eigenvalue weighted by molar-refractivity contribution is -0.883. The van der Waals surface area contributed by atoms with E-state index in [0.717, 1.165) is 42.7 Å². The number of aliphatic imine (C=N–C) groups is 1. The van der Waals surface area contributed by atoms with E-state index in [-0.39, 0.29) is 5.91 Å². The molecule has 5 nitrogen and oxygen atoms in total. The molecule has 2 aliphatic rings. The number of furan rings is 1. The lowest BCUT2D eigenvalue weighted by atomic mass is 10.1. The van der Waals surface area contributed by atoms with Crippen LogP contribution in [0.3, 0.4) is 0 Å². The van der Waals surface area contributed by atoms with Crippen molar-refractivity contribution < 1.29 is 14.1 Å². The van der Waals surface area contributed by atoms with Crippen LogP contribution in [0.1, 0.15) is 11.3 Å². The largest absolute Gasteiger partial charge is 0.457 e. The van der Waals surface area contributed by atoms with Crippen LogP contribution in [-0.2, 0) is 4.79 Å². The van der Waals surface area contributed by atoms with Gasteiger partial charge in [-0.1, -0.05) is 29.8 Å². The number of quaternary nitrogens is 1. The minimum atomic E-state index is -0.176. The van der Waals surface area contributed by atoms with Crippen LogP contribution in [0.2, 0.25) is 0 Å². The van der Waals surface area contributed by atoms with Gasteiger partial charge in [0.15, 0.2) is 5.17 Å². The zero-order chi connectivity index (χ0) is 18.1. The predicted octanol–water partition coefficient (Wildman–Crippen LogP) is 2.06. The average Bonchev–Trinajstić information content (AvgIpc) is 3.24. The minimum absolute atomic E-state index is 0.176. The molecule has 0 radical (unpaired) electrons. The fraction of sp³-hybridized carbons (Fsp3) is 0.300. The second kappa shape index (κ2) is 7.13. The SMILES string of the molecule is Cc1ccc(-c2ccc(/C=C3/SC(N4CC[NH+](C)CC4)=NC3=O)o2)cc1. The highest BCUT2D eigenvalue weighted by atomic mass is 32.2. The van der Waals surface area contributed by atoms with Gasteiger partial charge in [0.05, 0.1) is 38.1 Å². The number of benzene rings is 1. The lowest BCUT2D eigenvalue weighted by Gasteiger charge is -2.30. The minimum Gasteiger partial charge on any atom is -0.457 e. The van der Waals surface area contributed by atoms with Crippen molar-refractivity contribution in [3.63, 3.8) is 0 Å². The lowest BCUT2D eigenvalue weighted by Crippen LogP contribution is -3.12. The van der Waals surface area contributed by atoms with Crippen LogP contribution in [-0.4, -0.2) is 49.2 Å². The van der Waals surface area contributed by atoms with Crippen molar-refractivity contribution in [1.82, 2.24) is 4.90 Å². The van der Waals surface area contributed by atoms with Crippen molar-refractivity contribution in [2.75, 3.05) is 33.2 Å². The van der Waals surface area contributed by atoms with Crippen molar-refractivity contribution in [2.24, 2.45) is 4.99 Å². The zero-order valence-electron chi connectivity index (χ0n) is 15.0. The summed E-state index contributed by atoms with van der Waals surface area (Å²) in [5, 5.41) is 0.819. The molecule has 6 heteroatoms. The van der Waals surface area contributed by atoms with Crippen LogP contribution in [0.5, 0.6) is 0 Å². The van der Waals surface area contributed by atoms with Crippen LogP contribution in [0.25, 0.3) is 17.4 Å². The molecule has 26 heavy (non-hydrogen) atoms. The smallest absolute Gasteiger partial charge is 0.286 e. The summed E-state index contributed by atoms with van der Waals surface area (Å²) < 4.78 is 5.90. The predicted molar refractivity (Wildman–Crippen MR) is 105 cm³/mol. The molecule has 0 spiro atoms. The second-order valence-corrected chi connectivity index (χ2v) is 7.83. The topological polar surface area (TPSA) is 50.2 Å². The molecular formula is C20H22N3O2S+. The molecule has 0 bridgehead atoms. The van der Waals surface area contributed by atoms with Gasteiger partial charge in [0.2, 0.25) is 0 Å². The second-order valence-electron chi connectivity index (χ2n) is 6.82. The molecule has 1 saturated heterocycles. The van der Waals surface area contributed by atoms with Crippen LogP contribution in [0.15, 0.2) is 50.7 Å². The fourth-order valence-corrected chi connectivity index (χ4v) is 3.99. The number of carbonyl (C=O) groups excluding carboxylic acids is 1. The highest BCUT2D eigenvalue weighted by Gasteiger charge is 2.29. The van der Waals surface area contributed by atoms with E-state index in [1.165, 1.54) is 22.2 Å². The number of likely N-dealkylation sites (N-methyl/N-ethyl adjacent to an activating group) is 1. The third kappa shape index (κ3) is 3.61. The molecule has 0 unspecified atom stereocenters. The Hall–Kier alpha value is -2.31.